The van der Waals surface area contributed by atoms with Crippen LogP contribution >= 0.6 is 22.9 Å². The summed E-state index contributed by atoms with van der Waals surface area (Å²) in [6.45, 7) is 1.75. The molecule has 1 amide bonds. The van der Waals surface area contributed by atoms with Crippen molar-refractivity contribution in [2.45, 2.75) is 6.92 Å². The average molecular weight is 446 g/mol. The number of halogens is 1. The van der Waals surface area contributed by atoms with E-state index in [0.29, 0.717) is 15.6 Å². The lowest BCUT2D eigenvalue weighted by molar-refractivity contribution is 0.0514. The highest BCUT2D eigenvalue weighted by molar-refractivity contribution is 7.14. The van der Waals surface area contributed by atoms with Crippen LogP contribution in [0.3, 0.4) is 0 Å². The maximum absolute atomic E-state index is 12.5. The number of carboxylic acid groups (broad SMARTS) is 1. The third-order valence-corrected chi connectivity index (χ3v) is 5.11. The molecule has 0 aliphatic carbocycles. The zero-order valence-corrected chi connectivity index (χ0v) is 17.3. The summed E-state index contributed by atoms with van der Waals surface area (Å²) < 4.78 is 11.0. The van der Waals surface area contributed by atoms with Gasteiger partial charge in [-0.3, -0.25) is 4.79 Å². The van der Waals surface area contributed by atoms with E-state index in [1.165, 1.54) is 29.5 Å². The summed E-state index contributed by atoms with van der Waals surface area (Å²) in [4.78, 5) is 36.0. The first-order valence-corrected chi connectivity index (χ1v) is 10.0. The van der Waals surface area contributed by atoms with Crippen LogP contribution in [-0.4, -0.2) is 29.6 Å². The lowest BCUT2D eigenvalue weighted by Gasteiger charge is -2.13. The number of aromatic carboxylic acids is 1. The van der Waals surface area contributed by atoms with Gasteiger partial charge >= 0.3 is 11.9 Å². The monoisotopic (exact) mass is 445 g/mol. The van der Waals surface area contributed by atoms with Gasteiger partial charge in [-0.25, -0.2) is 9.59 Å². The van der Waals surface area contributed by atoms with E-state index in [2.05, 4.69) is 5.32 Å². The highest BCUT2D eigenvalue weighted by Crippen LogP contribution is 2.32. The van der Waals surface area contributed by atoms with E-state index in [-0.39, 0.29) is 29.2 Å². The molecule has 0 unspecified atom stereocenters. The Morgan fingerprint density at radius 2 is 1.83 bits per heavy atom. The summed E-state index contributed by atoms with van der Waals surface area (Å²) in [6.07, 6.45) is 0. The van der Waals surface area contributed by atoms with Gasteiger partial charge < -0.3 is 19.9 Å². The number of esters is 1. The van der Waals surface area contributed by atoms with E-state index in [1.807, 2.05) is 0 Å². The lowest BCUT2D eigenvalue weighted by Crippen LogP contribution is -2.12. The Kier molecular flexibility index (Phi) is 6.71. The highest BCUT2D eigenvalue weighted by Gasteiger charge is 2.20. The SMILES string of the molecule is CCOC(=O)c1ccc(Oc2ccccc2NC(=O)c2ccsc2Cl)cc1C(=O)O. The second kappa shape index (κ2) is 9.43. The molecule has 0 aliphatic rings. The lowest BCUT2D eigenvalue weighted by atomic mass is 10.1. The third-order valence-electron chi connectivity index (χ3n) is 3.94. The summed E-state index contributed by atoms with van der Waals surface area (Å²) in [6, 6.07) is 12.3. The Morgan fingerprint density at radius 1 is 1.07 bits per heavy atom. The number of carbonyl (C=O) groups excluding carboxylic acids is 2. The van der Waals surface area contributed by atoms with Crippen molar-refractivity contribution in [3.05, 3.63) is 74.9 Å². The molecule has 154 valence electrons. The second-order valence-electron chi connectivity index (χ2n) is 5.89. The number of benzene rings is 2. The molecule has 3 aromatic rings. The predicted molar refractivity (Wildman–Crippen MR) is 113 cm³/mol. The fraction of sp³-hybridized carbons (Fsp3) is 0.0952. The van der Waals surface area contributed by atoms with Crippen LogP contribution in [0.25, 0.3) is 0 Å². The first-order chi connectivity index (χ1) is 14.4. The molecule has 0 atom stereocenters. The first kappa shape index (κ1) is 21.4. The normalized spacial score (nSPS) is 10.3. The molecule has 7 nitrogen and oxygen atoms in total. The minimum Gasteiger partial charge on any atom is -0.478 e. The molecule has 0 saturated heterocycles. The average Bonchev–Trinajstić information content (AvgIpc) is 3.15. The fourth-order valence-corrected chi connectivity index (χ4v) is 3.50. The molecule has 3 rings (SSSR count). The molecule has 30 heavy (non-hydrogen) atoms. The van der Waals surface area contributed by atoms with E-state index in [1.54, 1.807) is 42.6 Å². The van der Waals surface area contributed by atoms with Gasteiger partial charge in [0.15, 0.2) is 5.75 Å². The number of nitrogens with one attached hydrogen (secondary N) is 1. The standard InChI is InChI=1S/C21H16ClNO6S/c1-2-28-21(27)13-8-7-12(11-15(13)20(25)26)29-17-6-4-3-5-16(17)23-19(24)14-9-10-30-18(14)22/h3-11H,2H2,1H3,(H,23,24)(H,25,26). The number of hydrogen-bond acceptors (Lipinski definition) is 6. The summed E-state index contributed by atoms with van der Waals surface area (Å²) in [7, 11) is 0. The molecule has 1 heterocycles. The van der Waals surface area contributed by atoms with Crippen molar-refractivity contribution in [1.29, 1.82) is 0 Å². The molecular formula is C21H16ClNO6S. The molecule has 2 aromatic carbocycles. The van der Waals surface area contributed by atoms with E-state index < -0.39 is 17.8 Å². The topological polar surface area (TPSA) is 102 Å². The number of carbonyl (C=O) groups is 3. The van der Waals surface area contributed by atoms with Crippen LogP contribution in [-0.2, 0) is 4.74 Å². The summed E-state index contributed by atoms with van der Waals surface area (Å²) >= 11 is 7.25. The summed E-state index contributed by atoms with van der Waals surface area (Å²) in [5.41, 5.74) is 0.377. The fourth-order valence-electron chi connectivity index (χ4n) is 2.58. The molecular weight excluding hydrogens is 430 g/mol. The van der Waals surface area contributed by atoms with Crippen molar-refractivity contribution in [2.75, 3.05) is 11.9 Å². The van der Waals surface area contributed by atoms with Crippen LogP contribution in [0.2, 0.25) is 4.34 Å². The maximum Gasteiger partial charge on any atom is 0.339 e. The van der Waals surface area contributed by atoms with Gasteiger partial charge in [-0.15, -0.1) is 11.3 Å². The van der Waals surface area contributed by atoms with Crippen molar-refractivity contribution >= 4 is 46.5 Å². The molecule has 0 bridgehead atoms. The Bertz CT molecular complexity index is 1110. The molecule has 0 fully saturated rings. The van der Waals surface area contributed by atoms with Crippen LogP contribution in [0.1, 0.15) is 38.0 Å². The summed E-state index contributed by atoms with van der Waals surface area (Å²) in [5, 5.41) is 13.9. The van der Waals surface area contributed by atoms with Crippen molar-refractivity contribution in [3.8, 4) is 11.5 Å². The van der Waals surface area contributed by atoms with Crippen LogP contribution in [0.15, 0.2) is 53.9 Å². The van der Waals surface area contributed by atoms with E-state index >= 15 is 0 Å². The van der Waals surface area contributed by atoms with Crippen LogP contribution < -0.4 is 10.1 Å². The van der Waals surface area contributed by atoms with Gasteiger partial charge in [0, 0.05) is 0 Å². The number of rotatable bonds is 7. The Labute approximate surface area is 180 Å². The number of hydrogen-bond donors (Lipinski definition) is 2. The molecule has 2 N–H and O–H groups in total. The maximum atomic E-state index is 12.5. The van der Waals surface area contributed by atoms with Crippen molar-refractivity contribution < 1.29 is 29.0 Å². The number of para-hydroxylation sites is 2. The van der Waals surface area contributed by atoms with E-state index in [0.717, 1.165) is 0 Å². The number of anilines is 1. The van der Waals surface area contributed by atoms with Crippen LogP contribution in [0, 0.1) is 0 Å². The number of carboxylic acids is 1. The largest absolute Gasteiger partial charge is 0.478 e. The quantitative estimate of drug-likeness (QED) is 0.477. The zero-order chi connectivity index (χ0) is 21.7. The van der Waals surface area contributed by atoms with E-state index in [4.69, 9.17) is 21.1 Å². The van der Waals surface area contributed by atoms with Gasteiger partial charge in [0.2, 0.25) is 0 Å². The van der Waals surface area contributed by atoms with E-state index in [9.17, 15) is 19.5 Å². The molecule has 9 heteroatoms. The number of thiophene rings is 1. The van der Waals surface area contributed by atoms with Crippen molar-refractivity contribution in [3.63, 3.8) is 0 Å². The smallest absolute Gasteiger partial charge is 0.339 e. The first-order valence-electron chi connectivity index (χ1n) is 8.76. The molecule has 0 spiro atoms. The zero-order valence-electron chi connectivity index (χ0n) is 15.7. The molecule has 1 aromatic heterocycles. The van der Waals surface area contributed by atoms with Gasteiger partial charge in [0.1, 0.15) is 10.1 Å². The van der Waals surface area contributed by atoms with Gasteiger partial charge in [0.25, 0.3) is 5.91 Å². The second-order valence-corrected chi connectivity index (χ2v) is 7.41. The van der Waals surface area contributed by atoms with Gasteiger partial charge in [-0.1, -0.05) is 23.7 Å². The van der Waals surface area contributed by atoms with Crippen molar-refractivity contribution in [2.24, 2.45) is 0 Å². The molecule has 0 aliphatic heterocycles. The van der Waals surface area contributed by atoms with Gasteiger partial charge in [-0.05, 0) is 48.7 Å². The predicted octanol–water partition coefficient (Wildman–Crippen LogP) is 5.32. The molecule has 0 radical (unpaired) electrons. The Balaban J connectivity index is 1.87. The number of ether oxygens (including phenoxy) is 2. The van der Waals surface area contributed by atoms with Crippen LogP contribution in [0.4, 0.5) is 5.69 Å². The van der Waals surface area contributed by atoms with Crippen molar-refractivity contribution in [1.82, 2.24) is 0 Å². The number of amides is 1. The Morgan fingerprint density at radius 3 is 2.50 bits per heavy atom. The summed E-state index contributed by atoms with van der Waals surface area (Å²) in [5.74, 6) is -1.96. The minimum atomic E-state index is -1.29. The molecule has 0 saturated carbocycles. The highest BCUT2D eigenvalue weighted by atomic mass is 35.5. The minimum absolute atomic E-state index is 0.0783. The third kappa shape index (κ3) is 4.79. The van der Waals surface area contributed by atoms with Gasteiger partial charge in [-0.2, -0.15) is 0 Å². The Hall–Kier alpha value is -3.36. The van der Waals surface area contributed by atoms with Crippen LogP contribution in [0.5, 0.6) is 11.5 Å². The van der Waals surface area contributed by atoms with Gasteiger partial charge in [0.05, 0.1) is 29.0 Å².